The molecule has 3 rings (SSSR count). The van der Waals surface area contributed by atoms with Crippen molar-refractivity contribution in [3.63, 3.8) is 0 Å². The molecule has 1 aromatic heterocycles. The zero-order valence-electron chi connectivity index (χ0n) is 14.0. The topological polar surface area (TPSA) is 88.5 Å². The van der Waals surface area contributed by atoms with E-state index in [1.165, 1.54) is 12.1 Å². The van der Waals surface area contributed by atoms with Gasteiger partial charge in [0.1, 0.15) is 11.6 Å². The monoisotopic (exact) mass is 358 g/mol. The molecular weight excluding hydrogens is 339 g/mol. The Morgan fingerprint density at radius 1 is 1.23 bits per heavy atom. The lowest BCUT2D eigenvalue weighted by atomic mass is 10.0. The average Bonchev–Trinajstić information content (AvgIpc) is 3.11. The maximum Gasteiger partial charge on any atom is 0.306 e. The van der Waals surface area contributed by atoms with Gasteiger partial charge < -0.3 is 15.2 Å². The van der Waals surface area contributed by atoms with Crippen LogP contribution in [0, 0.1) is 17.7 Å². The summed E-state index contributed by atoms with van der Waals surface area (Å²) < 4.78 is 18.6. The van der Waals surface area contributed by atoms with E-state index in [2.05, 4.69) is 10.3 Å². The first-order chi connectivity index (χ1) is 12.5. The minimum atomic E-state index is -0.835. The average molecular weight is 358 g/mol. The largest absolute Gasteiger partial charge is 0.481 e. The lowest BCUT2D eigenvalue weighted by molar-refractivity contribution is -0.141. The number of nitrogens with zero attached hydrogens (tertiary/aromatic N) is 1. The maximum absolute atomic E-state index is 13.1. The van der Waals surface area contributed by atoms with Gasteiger partial charge in [-0.1, -0.05) is 12.1 Å². The molecule has 7 heteroatoms. The van der Waals surface area contributed by atoms with E-state index >= 15 is 0 Å². The number of carboxylic acid groups (broad SMARTS) is 1. The van der Waals surface area contributed by atoms with Crippen molar-refractivity contribution in [3.8, 4) is 11.6 Å². The second-order valence-electron chi connectivity index (χ2n) is 6.33. The highest BCUT2D eigenvalue weighted by molar-refractivity contribution is 5.80. The van der Waals surface area contributed by atoms with E-state index in [-0.39, 0.29) is 17.6 Å². The molecular formula is C19H19FN2O4. The molecule has 2 aromatic rings. The van der Waals surface area contributed by atoms with Gasteiger partial charge in [-0.15, -0.1) is 0 Å². The minimum absolute atomic E-state index is 0.131. The predicted octanol–water partition coefficient (Wildman–Crippen LogP) is 3.13. The van der Waals surface area contributed by atoms with Gasteiger partial charge in [-0.3, -0.25) is 9.59 Å². The number of halogens is 1. The number of pyridine rings is 1. The number of carbonyl (C=O) groups excluding carboxylic acids is 1. The Labute approximate surface area is 150 Å². The van der Waals surface area contributed by atoms with Crippen molar-refractivity contribution in [1.29, 1.82) is 0 Å². The van der Waals surface area contributed by atoms with Gasteiger partial charge in [-0.05, 0) is 37.0 Å². The van der Waals surface area contributed by atoms with Crippen LogP contribution in [0.2, 0.25) is 0 Å². The molecule has 0 bridgehead atoms. The van der Waals surface area contributed by atoms with Gasteiger partial charge in [0.05, 0.1) is 5.92 Å². The molecule has 1 aliphatic rings. The Morgan fingerprint density at radius 2 is 2.04 bits per heavy atom. The van der Waals surface area contributed by atoms with Crippen LogP contribution >= 0.6 is 0 Å². The summed E-state index contributed by atoms with van der Waals surface area (Å²) in [5.74, 6) is -1.35. The third-order valence-corrected chi connectivity index (χ3v) is 4.44. The molecule has 1 aliphatic carbocycles. The molecule has 1 amide bonds. The first-order valence-corrected chi connectivity index (χ1v) is 8.40. The van der Waals surface area contributed by atoms with E-state index < -0.39 is 11.9 Å². The van der Waals surface area contributed by atoms with E-state index in [1.54, 1.807) is 30.5 Å². The molecule has 0 radical (unpaired) electrons. The van der Waals surface area contributed by atoms with Crippen LogP contribution in [0.15, 0.2) is 42.6 Å². The van der Waals surface area contributed by atoms with Gasteiger partial charge in [-0.2, -0.15) is 0 Å². The summed E-state index contributed by atoms with van der Waals surface area (Å²) >= 11 is 0. The molecule has 2 atom stereocenters. The van der Waals surface area contributed by atoms with Crippen molar-refractivity contribution in [1.82, 2.24) is 10.3 Å². The number of nitrogens with one attached hydrogen (secondary N) is 1. The maximum atomic E-state index is 13.1. The van der Waals surface area contributed by atoms with Crippen molar-refractivity contribution in [2.45, 2.75) is 25.8 Å². The zero-order valence-corrected chi connectivity index (χ0v) is 14.0. The Kier molecular flexibility index (Phi) is 5.46. The van der Waals surface area contributed by atoms with E-state index in [4.69, 9.17) is 9.84 Å². The Balaban J connectivity index is 1.50. The molecule has 1 fully saturated rings. The van der Waals surface area contributed by atoms with Crippen molar-refractivity contribution < 1.29 is 23.8 Å². The number of benzene rings is 1. The number of aromatic nitrogens is 1. The molecule has 6 nitrogen and oxygen atoms in total. The van der Waals surface area contributed by atoms with Crippen LogP contribution in [-0.2, 0) is 16.1 Å². The van der Waals surface area contributed by atoms with Gasteiger partial charge in [0, 0.05) is 30.8 Å². The van der Waals surface area contributed by atoms with Gasteiger partial charge in [0.25, 0.3) is 0 Å². The number of hydrogen-bond acceptors (Lipinski definition) is 4. The second-order valence-corrected chi connectivity index (χ2v) is 6.33. The quantitative estimate of drug-likeness (QED) is 0.828. The summed E-state index contributed by atoms with van der Waals surface area (Å²) in [6, 6.07) is 9.17. The zero-order chi connectivity index (χ0) is 18.5. The Hall–Kier alpha value is -2.96. The molecule has 136 valence electrons. The molecule has 0 saturated heterocycles. The SMILES string of the molecule is O=C(O)[C@@H]1CC[C@H](C(=O)NCc2ccc(Oc3cccc(F)c3)nc2)C1. The van der Waals surface area contributed by atoms with Crippen LogP contribution in [0.3, 0.4) is 0 Å². The van der Waals surface area contributed by atoms with Crippen LogP contribution in [0.25, 0.3) is 0 Å². The number of rotatable bonds is 6. The van der Waals surface area contributed by atoms with Crippen molar-refractivity contribution >= 4 is 11.9 Å². The fraction of sp³-hybridized carbons (Fsp3) is 0.316. The number of aliphatic carboxylic acids is 1. The first-order valence-electron chi connectivity index (χ1n) is 8.40. The Bertz CT molecular complexity index is 794. The molecule has 2 N–H and O–H groups in total. The van der Waals surface area contributed by atoms with Crippen LogP contribution in [0.1, 0.15) is 24.8 Å². The molecule has 0 unspecified atom stereocenters. The van der Waals surface area contributed by atoms with Gasteiger partial charge in [0.2, 0.25) is 11.8 Å². The fourth-order valence-corrected chi connectivity index (χ4v) is 3.00. The standard InChI is InChI=1S/C19H19FN2O4/c20-15-2-1-3-16(9-15)26-17-7-4-12(10-21-17)11-22-18(23)13-5-6-14(8-13)19(24)25/h1-4,7,9-10,13-14H,5-6,8,11H2,(H,22,23)(H,24,25)/t13-,14+/m0/s1. The van der Waals surface area contributed by atoms with Crippen LogP contribution in [-0.4, -0.2) is 22.0 Å². The van der Waals surface area contributed by atoms with Crippen molar-refractivity contribution in [2.75, 3.05) is 0 Å². The molecule has 1 aromatic carbocycles. The van der Waals surface area contributed by atoms with Crippen LogP contribution in [0.4, 0.5) is 4.39 Å². The third-order valence-electron chi connectivity index (χ3n) is 4.44. The predicted molar refractivity (Wildman–Crippen MR) is 91.0 cm³/mol. The van der Waals surface area contributed by atoms with E-state index in [9.17, 15) is 14.0 Å². The van der Waals surface area contributed by atoms with Gasteiger partial charge in [0.15, 0.2) is 0 Å². The van der Waals surface area contributed by atoms with Crippen LogP contribution in [0.5, 0.6) is 11.6 Å². The number of carbonyl (C=O) groups is 2. The number of ether oxygens (including phenoxy) is 1. The lowest BCUT2D eigenvalue weighted by Gasteiger charge is -2.11. The highest BCUT2D eigenvalue weighted by Gasteiger charge is 2.33. The molecule has 0 aliphatic heterocycles. The highest BCUT2D eigenvalue weighted by atomic mass is 19.1. The molecule has 26 heavy (non-hydrogen) atoms. The highest BCUT2D eigenvalue weighted by Crippen LogP contribution is 2.31. The van der Waals surface area contributed by atoms with Crippen LogP contribution < -0.4 is 10.1 Å². The summed E-state index contributed by atoms with van der Waals surface area (Å²) in [5.41, 5.74) is 0.790. The Morgan fingerprint density at radius 3 is 2.69 bits per heavy atom. The number of hydrogen-bond donors (Lipinski definition) is 2. The molecule has 0 spiro atoms. The first kappa shape index (κ1) is 17.8. The summed E-state index contributed by atoms with van der Waals surface area (Å²) in [6.07, 6.45) is 3.10. The number of amides is 1. The van der Waals surface area contributed by atoms with E-state index in [0.717, 1.165) is 5.56 Å². The van der Waals surface area contributed by atoms with Gasteiger partial charge in [-0.25, -0.2) is 9.37 Å². The smallest absolute Gasteiger partial charge is 0.306 e. The fourth-order valence-electron chi connectivity index (χ4n) is 3.00. The summed E-state index contributed by atoms with van der Waals surface area (Å²) in [5, 5.41) is 11.8. The third kappa shape index (κ3) is 4.56. The lowest BCUT2D eigenvalue weighted by Crippen LogP contribution is -2.29. The van der Waals surface area contributed by atoms with Gasteiger partial charge >= 0.3 is 5.97 Å². The number of carboxylic acids is 1. The van der Waals surface area contributed by atoms with E-state index in [0.29, 0.717) is 37.4 Å². The normalized spacial score (nSPS) is 19.1. The molecule has 1 saturated carbocycles. The van der Waals surface area contributed by atoms with Crippen molar-refractivity contribution in [2.24, 2.45) is 11.8 Å². The summed E-state index contributed by atoms with van der Waals surface area (Å²) in [7, 11) is 0. The molecule has 1 heterocycles. The summed E-state index contributed by atoms with van der Waals surface area (Å²) in [4.78, 5) is 27.2. The summed E-state index contributed by atoms with van der Waals surface area (Å²) in [6.45, 7) is 0.306. The van der Waals surface area contributed by atoms with Crippen molar-refractivity contribution in [3.05, 3.63) is 54.0 Å². The second kappa shape index (κ2) is 7.95. The minimum Gasteiger partial charge on any atom is -0.481 e. The van der Waals surface area contributed by atoms with E-state index in [1.807, 2.05) is 0 Å².